The highest BCUT2D eigenvalue weighted by Crippen LogP contribution is 2.44. The van der Waals surface area contributed by atoms with E-state index in [0.717, 1.165) is 78.0 Å². The Morgan fingerprint density at radius 1 is 1.27 bits per heavy atom. The molecule has 9 heteroatoms. The smallest absolute Gasteiger partial charge is 0.226 e. The second kappa shape index (κ2) is 7.35. The molecule has 0 aromatic carbocycles. The molecule has 3 aromatic rings. The molecule has 3 aliphatic rings. The Bertz CT molecular complexity index is 1080. The maximum Gasteiger partial charge on any atom is 0.226 e. The Hall–Kier alpha value is -1.91. The molecule has 6 rings (SSSR count). The Balaban J connectivity index is 1.22. The number of hydrogen-bond donors (Lipinski definition) is 3. The topological polar surface area (TPSA) is 82.2 Å². The third-order valence-corrected chi connectivity index (χ3v) is 8.56. The molecule has 1 spiro atoms. The van der Waals surface area contributed by atoms with Gasteiger partial charge in [-0.05, 0) is 24.6 Å². The van der Waals surface area contributed by atoms with E-state index in [9.17, 15) is 4.79 Å². The second-order valence-corrected chi connectivity index (χ2v) is 10.7. The zero-order valence-corrected chi connectivity index (χ0v) is 18.3. The van der Waals surface area contributed by atoms with Crippen molar-refractivity contribution in [2.45, 2.75) is 19.4 Å². The molecule has 156 valence electrons. The minimum Gasteiger partial charge on any atom is -0.317 e. The third kappa shape index (κ3) is 3.25. The first-order chi connectivity index (χ1) is 14.7. The lowest BCUT2D eigenvalue weighted by Crippen LogP contribution is -2.71. The highest BCUT2D eigenvalue weighted by atomic mass is 32.1. The van der Waals surface area contributed by atoms with Gasteiger partial charge >= 0.3 is 0 Å². The van der Waals surface area contributed by atoms with Crippen molar-refractivity contribution in [2.24, 2.45) is 5.41 Å². The van der Waals surface area contributed by atoms with E-state index < -0.39 is 0 Å². The van der Waals surface area contributed by atoms with Gasteiger partial charge in [0.05, 0.1) is 10.9 Å². The maximum atomic E-state index is 12.8. The fraction of sp³-hybridized carbons (Fsp3) is 0.476. The van der Waals surface area contributed by atoms with Crippen LogP contribution in [0.5, 0.6) is 0 Å². The van der Waals surface area contributed by atoms with E-state index in [1.54, 1.807) is 28.9 Å². The summed E-state index contributed by atoms with van der Waals surface area (Å²) in [4.78, 5) is 25.5. The summed E-state index contributed by atoms with van der Waals surface area (Å²) in [5.74, 6) is 0.0956. The van der Waals surface area contributed by atoms with Crippen molar-refractivity contribution in [1.82, 2.24) is 25.5 Å². The SMILES string of the molecule is O=C(CCN1CC2(CNC2)C1)Nc1sc2c(c1-c1nc3cnccc3s1)CCNC2. The van der Waals surface area contributed by atoms with Crippen LogP contribution in [0.3, 0.4) is 0 Å². The number of likely N-dealkylation sites (tertiary alicyclic amines) is 1. The number of rotatable bonds is 5. The van der Waals surface area contributed by atoms with Gasteiger partial charge in [-0.2, -0.15) is 0 Å². The summed E-state index contributed by atoms with van der Waals surface area (Å²) in [6, 6.07) is 2.01. The van der Waals surface area contributed by atoms with Crippen molar-refractivity contribution >= 4 is 43.8 Å². The molecular weight excluding hydrogens is 416 g/mol. The molecule has 2 fully saturated rings. The van der Waals surface area contributed by atoms with Crippen molar-refractivity contribution in [3.8, 4) is 10.6 Å². The molecule has 0 radical (unpaired) electrons. The molecule has 0 unspecified atom stereocenters. The lowest BCUT2D eigenvalue weighted by molar-refractivity contribution is -0.117. The molecule has 30 heavy (non-hydrogen) atoms. The maximum absolute atomic E-state index is 12.8. The molecule has 7 nitrogen and oxygen atoms in total. The monoisotopic (exact) mass is 440 g/mol. The number of amides is 1. The van der Waals surface area contributed by atoms with Gasteiger partial charge in [0, 0.05) is 67.7 Å². The van der Waals surface area contributed by atoms with Crippen molar-refractivity contribution in [2.75, 3.05) is 44.6 Å². The van der Waals surface area contributed by atoms with Crippen molar-refractivity contribution < 1.29 is 4.79 Å². The van der Waals surface area contributed by atoms with E-state index in [-0.39, 0.29) is 5.91 Å². The number of carbonyl (C=O) groups excluding carboxylic acids is 1. The van der Waals surface area contributed by atoms with Crippen LogP contribution in [0, 0.1) is 5.41 Å². The van der Waals surface area contributed by atoms with Crippen LogP contribution in [0.25, 0.3) is 20.8 Å². The second-order valence-electron chi connectivity index (χ2n) is 8.61. The Kier molecular flexibility index (Phi) is 4.61. The predicted octanol–water partition coefficient (Wildman–Crippen LogP) is 2.30. The van der Waals surface area contributed by atoms with Gasteiger partial charge in [0.1, 0.15) is 15.5 Å². The predicted molar refractivity (Wildman–Crippen MR) is 121 cm³/mol. The van der Waals surface area contributed by atoms with E-state index in [4.69, 9.17) is 4.98 Å². The molecule has 1 amide bonds. The summed E-state index contributed by atoms with van der Waals surface area (Å²) >= 11 is 3.37. The molecule has 3 aliphatic heterocycles. The van der Waals surface area contributed by atoms with Crippen LogP contribution in [-0.2, 0) is 17.8 Å². The first-order valence-electron chi connectivity index (χ1n) is 10.5. The van der Waals surface area contributed by atoms with E-state index >= 15 is 0 Å². The molecular formula is C21H24N6OS2. The van der Waals surface area contributed by atoms with Gasteiger partial charge in [-0.15, -0.1) is 22.7 Å². The van der Waals surface area contributed by atoms with E-state index in [1.165, 1.54) is 10.4 Å². The van der Waals surface area contributed by atoms with Gasteiger partial charge in [0.15, 0.2) is 0 Å². The van der Waals surface area contributed by atoms with Crippen molar-refractivity contribution in [3.05, 3.63) is 28.9 Å². The van der Waals surface area contributed by atoms with Crippen LogP contribution in [0.15, 0.2) is 18.5 Å². The lowest BCUT2D eigenvalue weighted by atomic mass is 9.74. The van der Waals surface area contributed by atoms with Crippen LogP contribution < -0.4 is 16.0 Å². The van der Waals surface area contributed by atoms with E-state index in [2.05, 4.69) is 25.8 Å². The Labute approximate surface area is 182 Å². The number of carbonyl (C=O) groups is 1. The molecule has 0 aliphatic carbocycles. The van der Waals surface area contributed by atoms with Gasteiger partial charge in [-0.25, -0.2) is 4.98 Å². The Morgan fingerprint density at radius 2 is 2.17 bits per heavy atom. The molecule has 0 atom stereocenters. The zero-order valence-electron chi connectivity index (χ0n) is 16.7. The summed E-state index contributed by atoms with van der Waals surface area (Å²) in [7, 11) is 0. The minimum absolute atomic E-state index is 0.0956. The van der Waals surface area contributed by atoms with Gasteiger partial charge in [-0.3, -0.25) is 9.78 Å². The Morgan fingerprint density at radius 3 is 2.97 bits per heavy atom. The highest BCUT2D eigenvalue weighted by molar-refractivity contribution is 7.22. The van der Waals surface area contributed by atoms with E-state index in [0.29, 0.717) is 11.8 Å². The minimum atomic E-state index is 0.0956. The van der Waals surface area contributed by atoms with Gasteiger partial charge in [0.25, 0.3) is 0 Å². The normalized spacial score (nSPS) is 20.0. The third-order valence-electron chi connectivity index (χ3n) is 6.36. The van der Waals surface area contributed by atoms with E-state index in [1.807, 2.05) is 12.3 Å². The molecule has 3 N–H and O–H groups in total. The first kappa shape index (κ1) is 18.8. The fourth-order valence-corrected chi connectivity index (χ4v) is 7.06. The van der Waals surface area contributed by atoms with Gasteiger partial charge in [-0.1, -0.05) is 0 Å². The van der Waals surface area contributed by atoms with Crippen molar-refractivity contribution in [3.63, 3.8) is 0 Å². The quantitative estimate of drug-likeness (QED) is 0.565. The van der Waals surface area contributed by atoms with Crippen LogP contribution in [0.4, 0.5) is 5.00 Å². The molecule has 2 saturated heterocycles. The highest BCUT2D eigenvalue weighted by Gasteiger charge is 2.47. The number of fused-ring (bicyclic) bond motifs is 2. The number of thiazole rings is 1. The number of pyridine rings is 1. The molecule has 0 saturated carbocycles. The van der Waals surface area contributed by atoms with Gasteiger partial charge in [0.2, 0.25) is 5.91 Å². The molecule has 0 bridgehead atoms. The summed E-state index contributed by atoms with van der Waals surface area (Å²) in [6.45, 7) is 7.16. The number of aromatic nitrogens is 2. The van der Waals surface area contributed by atoms with Crippen LogP contribution in [0.2, 0.25) is 0 Å². The van der Waals surface area contributed by atoms with Crippen molar-refractivity contribution in [1.29, 1.82) is 0 Å². The number of anilines is 1. The number of hydrogen-bond acceptors (Lipinski definition) is 8. The summed E-state index contributed by atoms with van der Waals surface area (Å²) in [5, 5.41) is 12.0. The zero-order chi connectivity index (χ0) is 20.1. The van der Waals surface area contributed by atoms with Crippen LogP contribution in [-0.4, -0.2) is 60.0 Å². The molecule has 3 aromatic heterocycles. The largest absolute Gasteiger partial charge is 0.317 e. The lowest BCUT2D eigenvalue weighted by Gasteiger charge is -2.56. The first-order valence-corrected chi connectivity index (χ1v) is 12.1. The average molecular weight is 441 g/mol. The van der Waals surface area contributed by atoms with Crippen LogP contribution >= 0.6 is 22.7 Å². The number of nitrogens with zero attached hydrogens (tertiary/aromatic N) is 3. The summed E-state index contributed by atoms with van der Waals surface area (Å²) in [6.07, 6.45) is 5.12. The average Bonchev–Trinajstić information content (AvgIpc) is 3.25. The number of nitrogens with one attached hydrogen (secondary N) is 3. The van der Waals surface area contributed by atoms with Gasteiger partial charge < -0.3 is 20.9 Å². The standard InChI is InChI=1S/C21H24N6OS2/c28-17(3-6-27-11-21(12-27)9-24-10-21)26-20-18(13-1-4-23-8-16(13)30-20)19-25-14-7-22-5-2-15(14)29-19/h2,5,7,23-24H,1,3-4,6,8-12H2,(H,26,28). The number of thiophene rings is 1. The molecule has 6 heterocycles. The summed E-state index contributed by atoms with van der Waals surface area (Å²) in [5.41, 5.74) is 3.88. The summed E-state index contributed by atoms with van der Waals surface area (Å²) < 4.78 is 1.13. The van der Waals surface area contributed by atoms with Crippen LogP contribution in [0.1, 0.15) is 16.9 Å². The fourth-order valence-electron chi connectivity index (χ4n) is 4.75.